The van der Waals surface area contributed by atoms with Gasteiger partial charge < -0.3 is 10.1 Å². The lowest BCUT2D eigenvalue weighted by Gasteiger charge is -2.36. The van der Waals surface area contributed by atoms with Crippen molar-refractivity contribution in [2.75, 3.05) is 6.54 Å². The molecule has 0 spiro atoms. The average Bonchev–Trinajstić information content (AvgIpc) is 2.13. The normalized spacial score (nSPS) is 23.4. The zero-order chi connectivity index (χ0) is 12.5. The monoisotopic (exact) mass is 234 g/mol. The summed E-state index contributed by atoms with van der Waals surface area (Å²) in [6, 6.07) is 4.03. The van der Waals surface area contributed by atoms with Gasteiger partial charge in [0.15, 0.2) is 0 Å². The number of aryl methyl sites for hydroxylation is 2. The molecule has 0 amide bonds. The number of hydrogen-bond acceptors (Lipinski definition) is 3. The van der Waals surface area contributed by atoms with Gasteiger partial charge >= 0.3 is 0 Å². The van der Waals surface area contributed by atoms with Gasteiger partial charge in [-0.2, -0.15) is 0 Å². The Hall–Kier alpha value is -1.09. The van der Waals surface area contributed by atoms with Crippen molar-refractivity contribution in [2.45, 2.75) is 52.2 Å². The highest BCUT2D eigenvalue weighted by molar-refractivity contribution is 5.26. The third kappa shape index (κ3) is 3.43. The van der Waals surface area contributed by atoms with E-state index in [1.807, 2.05) is 26.0 Å². The molecule has 1 aromatic heterocycles. The molecule has 2 rings (SSSR count). The summed E-state index contributed by atoms with van der Waals surface area (Å²) in [5.41, 5.74) is 2.22. The van der Waals surface area contributed by atoms with Crippen molar-refractivity contribution in [3.05, 3.63) is 23.5 Å². The number of ether oxygens (including phenoxy) is 1. The van der Waals surface area contributed by atoms with Crippen LogP contribution in [0.1, 0.15) is 38.1 Å². The summed E-state index contributed by atoms with van der Waals surface area (Å²) in [5.74, 6) is 0.956. The molecular formula is C14H22N2O. The SMILES string of the molecule is Cc1cc(OC2CCNC(C)(C)C2)cc(C)n1. The molecule has 1 saturated heterocycles. The van der Waals surface area contributed by atoms with Gasteiger partial charge in [0.05, 0.1) is 0 Å². The van der Waals surface area contributed by atoms with E-state index in [0.29, 0.717) is 6.10 Å². The van der Waals surface area contributed by atoms with E-state index in [-0.39, 0.29) is 5.54 Å². The third-order valence-electron chi connectivity index (χ3n) is 3.17. The molecule has 3 heteroatoms. The van der Waals surface area contributed by atoms with E-state index >= 15 is 0 Å². The second-order valence-electron chi connectivity index (χ2n) is 5.63. The molecule has 1 aromatic rings. The molecule has 0 bridgehead atoms. The van der Waals surface area contributed by atoms with Crippen LogP contribution in [-0.2, 0) is 0 Å². The van der Waals surface area contributed by atoms with Crippen LogP contribution in [0.15, 0.2) is 12.1 Å². The molecule has 1 unspecified atom stereocenters. The minimum absolute atomic E-state index is 0.181. The molecule has 17 heavy (non-hydrogen) atoms. The molecule has 0 radical (unpaired) electrons. The molecule has 0 aromatic carbocycles. The molecule has 3 nitrogen and oxygen atoms in total. The molecule has 1 N–H and O–H groups in total. The van der Waals surface area contributed by atoms with Crippen LogP contribution in [-0.4, -0.2) is 23.2 Å². The summed E-state index contributed by atoms with van der Waals surface area (Å²) in [6.07, 6.45) is 2.43. The fourth-order valence-electron chi connectivity index (χ4n) is 2.47. The minimum Gasteiger partial charge on any atom is -0.490 e. The Balaban J connectivity index is 2.05. The lowest BCUT2D eigenvalue weighted by atomic mass is 9.91. The van der Waals surface area contributed by atoms with E-state index in [4.69, 9.17) is 4.74 Å². The predicted octanol–water partition coefficient (Wildman–Crippen LogP) is 2.61. The van der Waals surface area contributed by atoms with Crippen LogP contribution in [0, 0.1) is 13.8 Å². The number of rotatable bonds is 2. The first kappa shape index (κ1) is 12.4. The topological polar surface area (TPSA) is 34.1 Å². The van der Waals surface area contributed by atoms with Gasteiger partial charge in [-0.3, -0.25) is 4.98 Å². The van der Waals surface area contributed by atoms with Gasteiger partial charge in [0, 0.05) is 35.5 Å². The maximum atomic E-state index is 6.07. The maximum Gasteiger partial charge on any atom is 0.123 e. The van der Waals surface area contributed by atoms with E-state index in [2.05, 4.69) is 24.1 Å². The lowest BCUT2D eigenvalue weighted by molar-refractivity contribution is 0.112. The van der Waals surface area contributed by atoms with Crippen LogP contribution >= 0.6 is 0 Å². The lowest BCUT2D eigenvalue weighted by Crippen LogP contribution is -2.49. The van der Waals surface area contributed by atoms with Gasteiger partial charge in [-0.1, -0.05) is 0 Å². The number of aromatic nitrogens is 1. The summed E-state index contributed by atoms with van der Waals surface area (Å²) < 4.78 is 6.07. The van der Waals surface area contributed by atoms with Crippen LogP contribution < -0.4 is 10.1 Å². The fraction of sp³-hybridized carbons (Fsp3) is 0.643. The zero-order valence-electron chi connectivity index (χ0n) is 11.2. The van der Waals surface area contributed by atoms with Crippen molar-refractivity contribution in [1.29, 1.82) is 0 Å². The summed E-state index contributed by atoms with van der Waals surface area (Å²) in [7, 11) is 0. The number of nitrogens with one attached hydrogen (secondary N) is 1. The highest BCUT2D eigenvalue weighted by Crippen LogP contribution is 2.24. The van der Waals surface area contributed by atoms with Crippen LogP contribution in [0.5, 0.6) is 5.75 Å². The van der Waals surface area contributed by atoms with Crippen LogP contribution in [0.4, 0.5) is 0 Å². The Morgan fingerprint density at radius 3 is 2.53 bits per heavy atom. The molecule has 94 valence electrons. The average molecular weight is 234 g/mol. The number of pyridine rings is 1. The van der Waals surface area contributed by atoms with Gasteiger partial charge in [-0.25, -0.2) is 0 Å². The van der Waals surface area contributed by atoms with Crippen LogP contribution in [0.3, 0.4) is 0 Å². The standard InChI is InChI=1S/C14H22N2O/c1-10-7-13(8-11(2)16-10)17-12-5-6-15-14(3,4)9-12/h7-8,12,15H,5-6,9H2,1-4H3. The molecule has 1 aliphatic heterocycles. The van der Waals surface area contributed by atoms with Gasteiger partial charge in [0.25, 0.3) is 0 Å². The zero-order valence-corrected chi connectivity index (χ0v) is 11.2. The number of hydrogen-bond donors (Lipinski definition) is 1. The molecule has 0 aliphatic carbocycles. The quantitative estimate of drug-likeness (QED) is 0.854. The Bertz CT molecular complexity index is 381. The van der Waals surface area contributed by atoms with Crippen molar-refractivity contribution < 1.29 is 4.74 Å². The largest absolute Gasteiger partial charge is 0.490 e. The number of nitrogens with zero attached hydrogens (tertiary/aromatic N) is 1. The van der Waals surface area contributed by atoms with Crippen LogP contribution in [0.25, 0.3) is 0 Å². The van der Waals surface area contributed by atoms with E-state index in [1.165, 1.54) is 0 Å². The van der Waals surface area contributed by atoms with Crippen molar-refractivity contribution >= 4 is 0 Å². The summed E-state index contributed by atoms with van der Waals surface area (Å²) >= 11 is 0. The van der Waals surface area contributed by atoms with Gasteiger partial charge in [-0.15, -0.1) is 0 Å². The molecule has 0 saturated carbocycles. The second kappa shape index (κ2) is 4.65. The smallest absolute Gasteiger partial charge is 0.123 e. The summed E-state index contributed by atoms with van der Waals surface area (Å²) in [5, 5.41) is 3.50. The summed E-state index contributed by atoms with van der Waals surface area (Å²) in [6.45, 7) is 9.50. The first-order chi connectivity index (χ1) is 7.94. The molecule has 2 heterocycles. The Kier molecular flexibility index (Phi) is 3.38. The van der Waals surface area contributed by atoms with E-state index in [9.17, 15) is 0 Å². The van der Waals surface area contributed by atoms with E-state index in [0.717, 1.165) is 36.5 Å². The third-order valence-corrected chi connectivity index (χ3v) is 3.17. The fourth-order valence-corrected chi connectivity index (χ4v) is 2.47. The first-order valence-corrected chi connectivity index (χ1v) is 6.32. The van der Waals surface area contributed by atoms with E-state index < -0.39 is 0 Å². The molecule has 1 fully saturated rings. The Labute approximate surface area is 104 Å². The van der Waals surface area contributed by atoms with Gasteiger partial charge in [-0.05, 0) is 40.7 Å². The second-order valence-corrected chi connectivity index (χ2v) is 5.63. The van der Waals surface area contributed by atoms with Crippen molar-refractivity contribution in [3.8, 4) is 5.75 Å². The maximum absolute atomic E-state index is 6.07. The Morgan fingerprint density at radius 1 is 1.29 bits per heavy atom. The van der Waals surface area contributed by atoms with Crippen molar-refractivity contribution in [2.24, 2.45) is 0 Å². The highest BCUT2D eigenvalue weighted by atomic mass is 16.5. The first-order valence-electron chi connectivity index (χ1n) is 6.32. The number of piperidine rings is 1. The predicted molar refractivity (Wildman–Crippen MR) is 69.4 cm³/mol. The minimum atomic E-state index is 0.181. The van der Waals surface area contributed by atoms with Gasteiger partial charge in [0.2, 0.25) is 0 Å². The van der Waals surface area contributed by atoms with Crippen molar-refractivity contribution in [1.82, 2.24) is 10.3 Å². The Morgan fingerprint density at radius 2 is 1.94 bits per heavy atom. The molecular weight excluding hydrogens is 212 g/mol. The van der Waals surface area contributed by atoms with Crippen molar-refractivity contribution in [3.63, 3.8) is 0 Å². The van der Waals surface area contributed by atoms with Gasteiger partial charge in [0.1, 0.15) is 11.9 Å². The summed E-state index contributed by atoms with van der Waals surface area (Å²) in [4.78, 5) is 4.36. The van der Waals surface area contributed by atoms with E-state index in [1.54, 1.807) is 0 Å². The molecule has 1 atom stereocenters. The molecule has 1 aliphatic rings. The van der Waals surface area contributed by atoms with Crippen LogP contribution in [0.2, 0.25) is 0 Å². The highest BCUT2D eigenvalue weighted by Gasteiger charge is 2.28.